The van der Waals surface area contributed by atoms with Crippen LogP contribution in [0.15, 0.2) is 66.7 Å². The summed E-state index contributed by atoms with van der Waals surface area (Å²) < 4.78 is 38.8. The quantitative estimate of drug-likeness (QED) is 0.747. The number of carbonyl (C=O) groups is 1. The first kappa shape index (κ1) is 17.9. The summed E-state index contributed by atoms with van der Waals surface area (Å²) in [5.74, 6) is -1.27. The maximum atomic E-state index is 14.0. The molecule has 0 fully saturated rings. The Balaban J connectivity index is 1.82. The minimum absolute atomic E-state index is 0.163. The Kier molecular flexibility index (Phi) is 4.90. The van der Waals surface area contributed by atoms with Gasteiger partial charge in [0.25, 0.3) is 0 Å². The second kappa shape index (κ2) is 7.13. The number of carbonyl (C=O) groups excluding carboxylic acids is 1. The van der Waals surface area contributed by atoms with Crippen molar-refractivity contribution in [2.24, 2.45) is 0 Å². The Morgan fingerprint density at radius 1 is 1.00 bits per heavy atom. The first-order valence-corrected chi connectivity index (χ1v) is 9.70. The number of rotatable bonds is 5. The number of nitrogens with zero attached hydrogens (tertiary/aromatic N) is 1. The molecule has 3 aromatic rings. The molecule has 3 aromatic carbocycles. The number of anilines is 2. The van der Waals surface area contributed by atoms with Crippen molar-refractivity contribution in [2.45, 2.75) is 0 Å². The number of hydrogen-bond donors (Lipinski definition) is 1. The summed E-state index contributed by atoms with van der Waals surface area (Å²) in [7, 11) is -3.83. The third-order valence-electron chi connectivity index (χ3n) is 3.84. The monoisotopic (exact) mass is 372 g/mol. The van der Waals surface area contributed by atoms with Crippen LogP contribution in [0.3, 0.4) is 0 Å². The predicted molar refractivity (Wildman–Crippen MR) is 101 cm³/mol. The number of amides is 1. The van der Waals surface area contributed by atoms with Crippen LogP contribution in [0.5, 0.6) is 0 Å². The summed E-state index contributed by atoms with van der Waals surface area (Å²) in [6.07, 6.45) is 0.933. The van der Waals surface area contributed by atoms with Crippen LogP contribution in [0.25, 0.3) is 10.8 Å². The normalized spacial score (nSPS) is 11.3. The summed E-state index contributed by atoms with van der Waals surface area (Å²) in [6.45, 7) is -0.521. The number of halogens is 1. The van der Waals surface area contributed by atoms with Crippen LogP contribution in [-0.2, 0) is 14.8 Å². The fourth-order valence-corrected chi connectivity index (χ4v) is 3.49. The van der Waals surface area contributed by atoms with E-state index in [9.17, 15) is 17.6 Å². The third kappa shape index (κ3) is 4.00. The fraction of sp³-hybridized carbons (Fsp3) is 0.105. The molecule has 0 spiro atoms. The van der Waals surface area contributed by atoms with Gasteiger partial charge in [-0.3, -0.25) is 9.10 Å². The van der Waals surface area contributed by atoms with E-state index in [-0.39, 0.29) is 5.69 Å². The Hall–Kier alpha value is -2.93. The van der Waals surface area contributed by atoms with E-state index in [4.69, 9.17) is 0 Å². The third-order valence-corrected chi connectivity index (χ3v) is 4.97. The van der Waals surface area contributed by atoms with Gasteiger partial charge in [0.1, 0.15) is 12.4 Å². The van der Waals surface area contributed by atoms with Crippen LogP contribution in [0.1, 0.15) is 0 Å². The molecular weight excluding hydrogens is 355 g/mol. The number of hydrogen-bond acceptors (Lipinski definition) is 3. The molecule has 0 saturated heterocycles. The Bertz CT molecular complexity index is 1070. The van der Waals surface area contributed by atoms with Gasteiger partial charge in [-0.25, -0.2) is 12.8 Å². The lowest BCUT2D eigenvalue weighted by Crippen LogP contribution is -2.38. The van der Waals surface area contributed by atoms with E-state index in [0.29, 0.717) is 5.69 Å². The lowest BCUT2D eigenvalue weighted by atomic mass is 10.1. The molecule has 1 N–H and O–H groups in total. The highest BCUT2D eigenvalue weighted by Gasteiger charge is 2.23. The van der Waals surface area contributed by atoms with Gasteiger partial charge in [0.05, 0.1) is 11.9 Å². The Labute approximate surface area is 151 Å². The Morgan fingerprint density at radius 2 is 1.65 bits per heavy atom. The van der Waals surface area contributed by atoms with Crippen LogP contribution >= 0.6 is 0 Å². The molecular formula is C19H17FN2O3S. The van der Waals surface area contributed by atoms with Crippen molar-refractivity contribution >= 4 is 38.1 Å². The molecule has 0 atom stereocenters. The van der Waals surface area contributed by atoms with Gasteiger partial charge >= 0.3 is 0 Å². The molecule has 0 heterocycles. The van der Waals surface area contributed by atoms with Gasteiger partial charge in [-0.2, -0.15) is 0 Å². The van der Waals surface area contributed by atoms with Crippen molar-refractivity contribution in [3.8, 4) is 0 Å². The van der Waals surface area contributed by atoms with E-state index < -0.39 is 28.3 Å². The molecule has 26 heavy (non-hydrogen) atoms. The van der Waals surface area contributed by atoms with Gasteiger partial charge in [0.2, 0.25) is 15.9 Å². The zero-order chi connectivity index (χ0) is 18.7. The van der Waals surface area contributed by atoms with E-state index in [1.807, 2.05) is 30.3 Å². The van der Waals surface area contributed by atoms with Gasteiger partial charge in [0.15, 0.2) is 0 Å². The summed E-state index contributed by atoms with van der Waals surface area (Å²) in [6, 6.07) is 18.5. The fourth-order valence-electron chi connectivity index (χ4n) is 2.63. The largest absolute Gasteiger partial charge is 0.324 e. The molecule has 134 valence electrons. The molecule has 0 bridgehead atoms. The number of nitrogens with one attached hydrogen (secondary N) is 1. The smallest absolute Gasteiger partial charge is 0.245 e. The molecule has 1 amide bonds. The molecule has 0 aliphatic heterocycles. The predicted octanol–water partition coefficient (Wildman–Crippen LogP) is 3.38. The molecule has 3 rings (SSSR count). The first-order chi connectivity index (χ1) is 12.3. The summed E-state index contributed by atoms with van der Waals surface area (Å²) in [5.41, 5.74) is 0.374. The zero-order valence-electron chi connectivity index (χ0n) is 14.0. The molecule has 0 unspecified atom stereocenters. The number of sulfonamides is 1. The van der Waals surface area contributed by atoms with Crippen molar-refractivity contribution in [1.82, 2.24) is 0 Å². The van der Waals surface area contributed by atoms with E-state index in [1.54, 1.807) is 12.1 Å². The maximum absolute atomic E-state index is 14.0. The van der Waals surface area contributed by atoms with Gasteiger partial charge in [-0.1, -0.05) is 42.5 Å². The van der Waals surface area contributed by atoms with E-state index >= 15 is 0 Å². The Morgan fingerprint density at radius 3 is 2.35 bits per heavy atom. The van der Waals surface area contributed by atoms with Crippen LogP contribution in [-0.4, -0.2) is 27.1 Å². The molecule has 5 nitrogen and oxygen atoms in total. The van der Waals surface area contributed by atoms with E-state index in [1.165, 1.54) is 18.2 Å². The topological polar surface area (TPSA) is 66.5 Å². The van der Waals surface area contributed by atoms with Crippen LogP contribution in [0.2, 0.25) is 0 Å². The minimum Gasteiger partial charge on any atom is -0.324 e. The summed E-state index contributed by atoms with van der Waals surface area (Å²) >= 11 is 0. The van der Waals surface area contributed by atoms with Gasteiger partial charge in [-0.15, -0.1) is 0 Å². The van der Waals surface area contributed by atoms with E-state index in [0.717, 1.165) is 27.4 Å². The molecule has 0 aliphatic carbocycles. The zero-order valence-corrected chi connectivity index (χ0v) is 14.8. The average Bonchev–Trinajstić information content (AvgIpc) is 2.59. The second-order valence-corrected chi connectivity index (χ2v) is 7.74. The van der Waals surface area contributed by atoms with Gasteiger partial charge in [0, 0.05) is 5.69 Å². The highest BCUT2D eigenvalue weighted by molar-refractivity contribution is 7.92. The lowest BCUT2D eigenvalue weighted by Gasteiger charge is -2.22. The maximum Gasteiger partial charge on any atom is 0.245 e. The van der Waals surface area contributed by atoms with Gasteiger partial charge < -0.3 is 5.32 Å². The van der Waals surface area contributed by atoms with Crippen molar-refractivity contribution in [3.05, 3.63) is 72.5 Å². The van der Waals surface area contributed by atoms with Crippen LogP contribution in [0, 0.1) is 5.82 Å². The van der Waals surface area contributed by atoms with Crippen molar-refractivity contribution in [2.75, 3.05) is 22.4 Å². The highest BCUT2D eigenvalue weighted by Crippen LogP contribution is 2.22. The molecule has 7 heteroatoms. The van der Waals surface area contributed by atoms with Crippen molar-refractivity contribution in [3.63, 3.8) is 0 Å². The van der Waals surface area contributed by atoms with Gasteiger partial charge in [-0.05, 0) is 35.0 Å². The molecule has 0 aromatic heterocycles. The first-order valence-electron chi connectivity index (χ1n) is 7.85. The standard InChI is InChI=1S/C19H17FN2O3S/c1-26(24,25)22(18-9-5-4-8-17(18)20)13-19(23)21-16-11-10-14-6-2-3-7-15(14)12-16/h2-12H,13H2,1H3,(H,21,23). The summed E-state index contributed by atoms with van der Waals surface area (Å²) in [4.78, 5) is 12.4. The SMILES string of the molecule is CS(=O)(=O)N(CC(=O)Nc1ccc2ccccc2c1)c1ccccc1F. The molecule has 0 aliphatic rings. The highest BCUT2D eigenvalue weighted by atomic mass is 32.2. The van der Waals surface area contributed by atoms with Crippen LogP contribution in [0.4, 0.5) is 15.8 Å². The molecule has 0 radical (unpaired) electrons. The van der Waals surface area contributed by atoms with Crippen molar-refractivity contribution < 1.29 is 17.6 Å². The molecule has 0 saturated carbocycles. The summed E-state index contributed by atoms with van der Waals surface area (Å²) in [5, 5.41) is 4.63. The van der Waals surface area contributed by atoms with Crippen LogP contribution < -0.4 is 9.62 Å². The average molecular weight is 372 g/mol. The second-order valence-electron chi connectivity index (χ2n) is 5.83. The number of benzene rings is 3. The number of fused-ring (bicyclic) bond motifs is 1. The van der Waals surface area contributed by atoms with Crippen molar-refractivity contribution in [1.29, 1.82) is 0 Å². The number of para-hydroxylation sites is 1. The lowest BCUT2D eigenvalue weighted by molar-refractivity contribution is -0.114. The van der Waals surface area contributed by atoms with E-state index in [2.05, 4.69) is 5.32 Å². The minimum atomic E-state index is -3.83.